The van der Waals surface area contributed by atoms with Crippen LogP contribution in [0.4, 0.5) is 4.39 Å². The highest BCUT2D eigenvalue weighted by atomic mass is 32.2. The van der Waals surface area contributed by atoms with E-state index in [1.807, 2.05) is 6.92 Å². The maximum atomic E-state index is 13.1. The van der Waals surface area contributed by atoms with Crippen molar-refractivity contribution >= 4 is 15.7 Å². The van der Waals surface area contributed by atoms with Crippen molar-refractivity contribution in [2.24, 2.45) is 0 Å². The molecule has 1 atom stereocenters. The standard InChI is InChI=1S/C17H20FN3O3S/c1-3-21(14-8-9-25(23,24)10-14)17(22)15-11(2)19-16(20-15)12-4-6-13(18)7-5-12/h4-7,14H,3,8-10H2,1-2H3,(H,19,20). The second kappa shape index (κ2) is 6.59. The van der Waals surface area contributed by atoms with Gasteiger partial charge in [-0.3, -0.25) is 4.79 Å². The van der Waals surface area contributed by atoms with E-state index in [9.17, 15) is 17.6 Å². The first-order valence-corrected chi connectivity index (χ1v) is 9.97. The number of hydrogen-bond donors (Lipinski definition) is 1. The lowest BCUT2D eigenvalue weighted by molar-refractivity contribution is 0.0702. The number of carbonyl (C=O) groups is 1. The van der Waals surface area contributed by atoms with E-state index in [0.717, 1.165) is 0 Å². The third kappa shape index (κ3) is 3.58. The second-order valence-corrected chi connectivity index (χ2v) is 8.44. The van der Waals surface area contributed by atoms with Gasteiger partial charge < -0.3 is 9.88 Å². The highest BCUT2D eigenvalue weighted by Gasteiger charge is 2.35. The maximum Gasteiger partial charge on any atom is 0.274 e. The Labute approximate surface area is 146 Å². The average Bonchev–Trinajstić information content (AvgIpc) is 3.11. The number of nitrogens with zero attached hydrogens (tertiary/aromatic N) is 2. The lowest BCUT2D eigenvalue weighted by Crippen LogP contribution is -2.41. The molecule has 1 aliphatic heterocycles. The zero-order valence-electron chi connectivity index (χ0n) is 14.1. The number of nitrogens with one attached hydrogen (secondary N) is 1. The first-order chi connectivity index (χ1) is 11.8. The first-order valence-electron chi connectivity index (χ1n) is 8.14. The molecule has 1 unspecified atom stereocenters. The van der Waals surface area contributed by atoms with Crippen molar-refractivity contribution in [3.8, 4) is 11.4 Å². The molecule has 1 aromatic heterocycles. The van der Waals surface area contributed by atoms with Crippen molar-refractivity contribution in [1.29, 1.82) is 0 Å². The second-order valence-electron chi connectivity index (χ2n) is 6.21. The molecule has 1 aromatic carbocycles. The fourth-order valence-corrected chi connectivity index (χ4v) is 4.87. The summed E-state index contributed by atoms with van der Waals surface area (Å²) in [5.74, 6) is -0.0338. The monoisotopic (exact) mass is 365 g/mol. The smallest absolute Gasteiger partial charge is 0.274 e. The summed E-state index contributed by atoms with van der Waals surface area (Å²) in [4.78, 5) is 21.9. The van der Waals surface area contributed by atoms with Crippen molar-refractivity contribution in [1.82, 2.24) is 14.9 Å². The van der Waals surface area contributed by atoms with Gasteiger partial charge >= 0.3 is 0 Å². The van der Waals surface area contributed by atoms with Gasteiger partial charge in [-0.25, -0.2) is 17.8 Å². The fraction of sp³-hybridized carbons (Fsp3) is 0.412. The Hall–Kier alpha value is -2.22. The molecular weight excluding hydrogens is 345 g/mol. The summed E-state index contributed by atoms with van der Waals surface area (Å²) < 4.78 is 36.5. The summed E-state index contributed by atoms with van der Waals surface area (Å²) in [6.45, 7) is 3.98. The highest BCUT2D eigenvalue weighted by molar-refractivity contribution is 7.91. The number of carbonyl (C=O) groups excluding carboxylic acids is 1. The third-order valence-corrected chi connectivity index (χ3v) is 6.21. The van der Waals surface area contributed by atoms with Gasteiger partial charge in [-0.1, -0.05) is 0 Å². The summed E-state index contributed by atoms with van der Waals surface area (Å²) >= 11 is 0. The van der Waals surface area contributed by atoms with E-state index in [-0.39, 0.29) is 35.0 Å². The van der Waals surface area contributed by atoms with Crippen molar-refractivity contribution in [2.75, 3.05) is 18.1 Å². The number of aromatic nitrogens is 2. The number of hydrogen-bond acceptors (Lipinski definition) is 4. The molecule has 0 saturated carbocycles. The van der Waals surface area contributed by atoms with E-state index in [2.05, 4.69) is 9.97 Å². The lowest BCUT2D eigenvalue weighted by atomic mass is 10.2. The molecule has 1 aliphatic rings. The molecule has 0 bridgehead atoms. The summed E-state index contributed by atoms with van der Waals surface area (Å²) in [6, 6.07) is 5.52. The van der Waals surface area contributed by atoms with E-state index in [4.69, 9.17) is 0 Å². The molecule has 6 nitrogen and oxygen atoms in total. The lowest BCUT2D eigenvalue weighted by Gasteiger charge is -2.26. The number of imidazole rings is 1. The number of halogens is 1. The Balaban J connectivity index is 1.87. The van der Waals surface area contributed by atoms with Gasteiger partial charge in [0, 0.05) is 23.8 Å². The van der Waals surface area contributed by atoms with Crippen molar-refractivity contribution in [3.63, 3.8) is 0 Å². The number of benzene rings is 1. The SMILES string of the molecule is CCN(C(=O)c1nc(-c2ccc(F)cc2)[nH]c1C)C1CCS(=O)(=O)C1. The van der Waals surface area contributed by atoms with Gasteiger partial charge in [-0.15, -0.1) is 0 Å². The van der Waals surface area contributed by atoms with Crippen molar-refractivity contribution in [3.05, 3.63) is 41.5 Å². The summed E-state index contributed by atoms with van der Waals surface area (Å²) in [7, 11) is -3.08. The quantitative estimate of drug-likeness (QED) is 0.900. The zero-order chi connectivity index (χ0) is 18.2. The van der Waals surface area contributed by atoms with Gasteiger partial charge in [0.2, 0.25) is 0 Å². The molecule has 25 heavy (non-hydrogen) atoms. The number of rotatable bonds is 4. The molecule has 2 heterocycles. The normalized spacial score (nSPS) is 19.1. The minimum absolute atomic E-state index is 0.000863. The summed E-state index contributed by atoms with van der Waals surface area (Å²) in [5, 5.41) is 0. The van der Waals surface area contributed by atoms with Crippen LogP contribution in [0.2, 0.25) is 0 Å². The van der Waals surface area contributed by atoms with E-state index in [1.54, 1.807) is 24.0 Å². The molecule has 8 heteroatoms. The van der Waals surface area contributed by atoms with Gasteiger partial charge in [-0.2, -0.15) is 0 Å². The van der Waals surface area contributed by atoms with Gasteiger partial charge in [0.15, 0.2) is 9.84 Å². The minimum atomic E-state index is -3.08. The van der Waals surface area contributed by atoms with Gasteiger partial charge in [0.25, 0.3) is 5.91 Å². The Morgan fingerprint density at radius 3 is 2.60 bits per heavy atom. The number of aryl methyl sites for hydroxylation is 1. The van der Waals surface area contributed by atoms with Crippen LogP contribution < -0.4 is 0 Å². The van der Waals surface area contributed by atoms with Crippen LogP contribution in [0, 0.1) is 12.7 Å². The van der Waals surface area contributed by atoms with Crippen LogP contribution in [-0.4, -0.2) is 53.3 Å². The molecule has 134 valence electrons. The third-order valence-electron chi connectivity index (χ3n) is 4.46. The molecule has 0 radical (unpaired) electrons. The molecule has 0 spiro atoms. The maximum absolute atomic E-state index is 13.1. The van der Waals surface area contributed by atoms with Gasteiger partial charge in [-0.05, 0) is 44.5 Å². The fourth-order valence-electron chi connectivity index (χ4n) is 3.14. The Bertz CT molecular complexity index is 890. The highest BCUT2D eigenvalue weighted by Crippen LogP contribution is 2.23. The van der Waals surface area contributed by atoms with Crippen LogP contribution in [0.3, 0.4) is 0 Å². The van der Waals surface area contributed by atoms with Crippen molar-refractivity contribution < 1.29 is 17.6 Å². The van der Waals surface area contributed by atoms with Crippen molar-refractivity contribution in [2.45, 2.75) is 26.3 Å². The van der Waals surface area contributed by atoms with Crippen LogP contribution in [0.15, 0.2) is 24.3 Å². The number of H-pyrrole nitrogens is 1. The zero-order valence-corrected chi connectivity index (χ0v) is 14.9. The number of sulfone groups is 1. The van der Waals surface area contributed by atoms with Gasteiger partial charge in [0.05, 0.1) is 11.5 Å². The Morgan fingerprint density at radius 1 is 1.36 bits per heavy atom. The molecule has 0 aliphatic carbocycles. The Kier molecular flexibility index (Phi) is 4.64. The van der Waals surface area contributed by atoms with E-state index < -0.39 is 9.84 Å². The molecular formula is C17H20FN3O3S. The molecule has 1 saturated heterocycles. The van der Waals surface area contributed by atoms with E-state index >= 15 is 0 Å². The first kappa shape index (κ1) is 17.6. The topological polar surface area (TPSA) is 83.1 Å². The van der Waals surface area contributed by atoms with Crippen LogP contribution in [0.5, 0.6) is 0 Å². The van der Waals surface area contributed by atoms with Gasteiger partial charge in [0.1, 0.15) is 17.3 Å². The molecule has 1 fully saturated rings. The molecule has 1 amide bonds. The number of aromatic amines is 1. The number of amides is 1. The van der Waals surface area contributed by atoms with Crippen LogP contribution >= 0.6 is 0 Å². The minimum Gasteiger partial charge on any atom is -0.341 e. The Morgan fingerprint density at radius 2 is 2.04 bits per heavy atom. The average molecular weight is 365 g/mol. The molecule has 2 aromatic rings. The van der Waals surface area contributed by atoms with Crippen LogP contribution in [0.25, 0.3) is 11.4 Å². The molecule has 3 rings (SSSR count). The van der Waals surface area contributed by atoms with Crippen LogP contribution in [0.1, 0.15) is 29.5 Å². The van der Waals surface area contributed by atoms with Crippen LogP contribution in [-0.2, 0) is 9.84 Å². The van der Waals surface area contributed by atoms with E-state index in [0.29, 0.717) is 30.0 Å². The van der Waals surface area contributed by atoms with E-state index in [1.165, 1.54) is 12.1 Å². The largest absolute Gasteiger partial charge is 0.341 e. The predicted octanol–water partition coefficient (Wildman–Crippen LogP) is 2.17. The summed E-state index contributed by atoms with van der Waals surface area (Å²) in [6.07, 6.45) is 0.455. The molecule has 1 N–H and O–H groups in total. The predicted molar refractivity (Wildman–Crippen MR) is 92.5 cm³/mol. The summed E-state index contributed by atoms with van der Waals surface area (Å²) in [5.41, 5.74) is 1.55.